The van der Waals surface area contributed by atoms with E-state index in [2.05, 4.69) is 25.7 Å². The quantitative estimate of drug-likeness (QED) is 0.461. The van der Waals surface area contributed by atoms with Crippen LogP contribution in [0.2, 0.25) is 0 Å². The molecule has 0 aromatic rings. The average Bonchev–Trinajstić information content (AvgIpc) is 2.28. The van der Waals surface area contributed by atoms with Crippen LogP contribution < -0.4 is 5.32 Å². The van der Waals surface area contributed by atoms with Gasteiger partial charge in [0.25, 0.3) is 0 Å². The molecule has 3 nitrogen and oxygen atoms in total. The Bertz CT molecular complexity index is 177. The molecular formula is C13H27NO2. The highest BCUT2D eigenvalue weighted by Gasteiger charge is 2.21. The highest BCUT2D eigenvalue weighted by molar-refractivity contribution is 4.97. The molecule has 1 unspecified atom stereocenters. The second-order valence-corrected chi connectivity index (χ2v) is 3.75. The van der Waals surface area contributed by atoms with Crippen LogP contribution in [0.5, 0.6) is 0 Å². The third-order valence-corrected chi connectivity index (χ3v) is 2.47. The number of hydrogen-bond acceptors (Lipinski definition) is 3. The Morgan fingerprint density at radius 3 is 2.06 bits per heavy atom. The summed E-state index contributed by atoms with van der Waals surface area (Å²) in [5.41, 5.74) is 1.23. The minimum Gasteiger partial charge on any atom is -0.351 e. The first-order chi connectivity index (χ1) is 7.69. The van der Waals surface area contributed by atoms with E-state index in [0.29, 0.717) is 13.2 Å². The molecule has 0 bridgehead atoms. The summed E-state index contributed by atoms with van der Waals surface area (Å²) in [4.78, 5) is 0. The Labute approximate surface area is 100 Å². The fraction of sp³-hybridized carbons (Fsp3) is 0.846. The van der Waals surface area contributed by atoms with Crippen LogP contribution in [-0.2, 0) is 9.47 Å². The Morgan fingerprint density at radius 1 is 1.12 bits per heavy atom. The van der Waals surface area contributed by atoms with Crippen molar-refractivity contribution in [2.24, 2.45) is 0 Å². The van der Waals surface area contributed by atoms with Crippen molar-refractivity contribution >= 4 is 0 Å². The van der Waals surface area contributed by atoms with Gasteiger partial charge in [0.15, 0.2) is 6.29 Å². The van der Waals surface area contributed by atoms with Gasteiger partial charge in [-0.1, -0.05) is 26.0 Å². The van der Waals surface area contributed by atoms with Gasteiger partial charge in [-0.25, -0.2) is 0 Å². The van der Waals surface area contributed by atoms with E-state index in [1.807, 2.05) is 13.8 Å². The van der Waals surface area contributed by atoms with Gasteiger partial charge in [0.1, 0.15) is 0 Å². The lowest BCUT2D eigenvalue weighted by molar-refractivity contribution is -0.153. The van der Waals surface area contributed by atoms with Crippen LogP contribution in [0.4, 0.5) is 0 Å². The van der Waals surface area contributed by atoms with Crippen molar-refractivity contribution in [3.63, 3.8) is 0 Å². The molecule has 3 heteroatoms. The van der Waals surface area contributed by atoms with E-state index in [4.69, 9.17) is 9.47 Å². The molecule has 0 radical (unpaired) electrons. The van der Waals surface area contributed by atoms with Crippen molar-refractivity contribution in [1.82, 2.24) is 5.32 Å². The minimum absolute atomic E-state index is 0.168. The monoisotopic (exact) mass is 229 g/mol. The fourth-order valence-electron chi connectivity index (χ4n) is 1.59. The minimum atomic E-state index is -0.168. The van der Waals surface area contributed by atoms with Gasteiger partial charge in [-0.3, -0.25) is 0 Å². The molecule has 0 aliphatic carbocycles. The summed E-state index contributed by atoms with van der Waals surface area (Å²) in [7, 11) is 0. The third-order valence-electron chi connectivity index (χ3n) is 2.47. The van der Waals surface area contributed by atoms with Gasteiger partial charge in [0.2, 0.25) is 0 Å². The maximum atomic E-state index is 5.62. The summed E-state index contributed by atoms with van der Waals surface area (Å²) in [6.07, 6.45) is 1.75. The second-order valence-electron chi connectivity index (χ2n) is 3.75. The summed E-state index contributed by atoms with van der Waals surface area (Å²) in [6.45, 7) is 14.5. The smallest absolute Gasteiger partial charge is 0.172 e. The Morgan fingerprint density at radius 2 is 1.69 bits per heavy atom. The number of nitrogens with one attached hydrogen (secondary N) is 1. The van der Waals surface area contributed by atoms with Gasteiger partial charge >= 0.3 is 0 Å². The van der Waals surface area contributed by atoms with E-state index in [1.54, 1.807) is 0 Å². The molecule has 0 amide bonds. The molecule has 0 fully saturated rings. The van der Waals surface area contributed by atoms with Crippen molar-refractivity contribution in [1.29, 1.82) is 0 Å². The number of rotatable bonds is 10. The molecule has 1 N–H and O–H groups in total. The van der Waals surface area contributed by atoms with Crippen LogP contribution in [0.1, 0.15) is 40.5 Å². The first-order valence-electron chi connectivity index (χ1n) is 6.32. The molecule has 0 saturated carbocycles. The van der Waals surface area contributed by atoms with Crippen molar-refractivity contribution in [2.75, 3.05) is 19.8 Å². The van der Waals surface area contributed by atoms with E-state index in [1.165, 1.54) is 5.57 Å². The first-order valence-corrected chi connectivity index (χ1v) is 6.32. The molecule has 0 aromatic heterocycles. The van der Waals surface area contributed by atoms with Crippen molar-refractivity contribution in [2.45, 2.75) is 52.9 Å². The zero-order chi connectivity index (χ0) is 12.4. The molecule has 0 aliphatic rings. The normalized spacial score (nSPS) is 13.1. The average molecular weight is 229 g/mol. The summed E-state index contributed by atoms with van der Waals surface area (Å²) in [6, 6.07) is 0.206. The molecule has 0 aliphatic heterocycles. The number of ether oxygens (including phenoxy) is 2. The molecule has 1 atom stereocenters. The van der Waals surface area contributed by atoms with Gasteiger partial charge < -0.3 is 14.8 Å². The van der Waals surface area contributed by atoms with Crippen molar-refractivity contribution < 1.29 is 9.47 Å². The molecule has 0 saturated heterocycles. The van der Waals surface area contributed by atoms with E-state index in [0.717, 1.165) is 19.4 Å². The maximum absolute atomic E-state index is 5.62. The van der Waals surface area contributed by atoms with Gasteiger partial charge in [0.05, 0.1) is 6.04 Å². The van der Waals surface area contributed by atoms with Crippen LogP contribution in [0.25, 0.3) is 0 Å². The van der Waals surface area contributed by atoms with Crippen LogP contribution in [0, 0.1) is 0 Å². The second kappa shape index (κ2) is 9.82. The van der Waals surface area contributed by atoms with Crippen molar-refractivity contribution in [3.8, 4) is 0 Å². The maximum Gasteiger partial charge on any atom is 0.172 e. The molecular weight excluding hydrogens is 202 g/mol. The van der Waals surface area contributed by atoms with Crippen molar-refractivity contribution in [3.05, 3.63) is 12.2 Å². The summed E-state index contributed by atoms with van der Waals surface area (Å²) in [5, 5.41) is 3.41. The zero-order valence-corrected chi connectivity index (χ0v) is 11.2. The van der Waals surface area contributed by atoms with E-state index < -0.39 is 0 Å². The van der Waals surface area contributed by atoms with E-state index in [9.17, 15) is 0 Å². The largest absolute Gasteiger partial charge is 0.351 e. The number of hydrogen-bond donors (Lipinski definition) is 1. The van der Waals surface area contributed by atoms with Crippen LogP contribution >= 0.6 is 0 Å². The summed E-state index contributed by atoms with van der Waals surface area (Å²) < 4.78 is 11.2. The highest BCUT2D eigenvalue weighted by Crippen LogP contribution is 2.13. The predicted molar refractivity (Wildman–Crippen MR) is 68.6 cm³/mol. The summed E-state index contributed by atoms with van der Waals surface area (Å²) >= 11 is 0. The topological polar surface area (TPSA) is 30.5 Å². The first kappa shape index (κ1) is 15.6. The lowest BCUT2D eigenvalue weighted by atomic mass is 10.1. The fourth-order valence-corrected chi connectivity index (χ4v) is 1.59. The lowest BCUT2D eigenvalue weighted by Gasteiger charge is -2.27. The van der Waals surface area contributed by atoms with Gasteiger partial charge in [-0.05, 0) is 33.2 Å². The molecule has 16 heavy (non-hydrogen) atoms. The van der Waals surface area contributed by atoms with E-state index >= 15 is 0 Å². The van der Waals surface area contributed by atoms with Gasteiger partial charge in [0, 0.05) is 13.2 Å². The third kappa shape index (κ3) is 6.26. The Balaban J connectivity index is 4.35. The SMILES string of the molecule is C=C(CC)CC(NCC)C(OCC)OCC. The lowest BCUT2D eigenvalue weighted by Crippen LogP contribution is -2.43. The predicted octanol–water partition coefficient (Wildman–Crippen LogP) is 2.72. The molecule has 0 heterocycles. The molecule has 0 rings (SSSR count). The summed E-state index contributed by atoms with van der Waals surface area (Å²) in [5.74, 6) is 0. The Kier molecular flexibility index (Phi) is 9.59. The van der Waals surface area contributed by atoms with Gasteiger partial charge in [-0.2, -0.15) is 0 Å². The zero-order valence-electron chi connectivity index (χ0n) is 11.2. The number of likely N-dealkylation sites (N-methyl/N-ethyl adjacent to an activating group) is 1. The van der Waals surface area contributed by atoms with Crippen LogP contribution in [0.15, 0.2) is 12.2 Å². The van der Waals surface area contributed by atoms with Crippen LogP contribution in [-0.4, -0.2) is 32.1 Å². The Hall–Kier alpha value is -0.380. The molecule has 0 spiro atoms. The molecule has 96 valence electrons. The highest BCUT2D eigenvalue weighted by atomic mass is 16.7. The molecule has 0 aromatic carbocycles. The standard InChI is InChI=1S/C13H27NO2/c1-6-11(5)10-12(14-7-2)13(15-8-3)16-9-4/h12-14H,5-10H2,1-4H3. The van der Waals surface area contributed by atoms with Gasteiger partial charge in [-0.15, -0.1) is 0 Å². The van der Waals surface area contributed by atoms with Crippen LogP contribution in [0.3, 0.4) is 0 Å². The van der Waals surface area contributed by atoms with E-state index in [-0.39, 0.29) is 12.3 Å².